The fourth-order valence-electron chi connectivity index (χ4n) is 4.65. The van der Waals surface area contributed by atoms with E-state index in [1.54, 1.807) is 0 Å². The van der Waals surface area contributed by atoms with Gasteiger partial charge in [0, 0.05) is 5.92 Å². The van der Waals surface area contributed by atoms with Crippen LogP contribution in [0, 0.1) is 17.3 Å². The van der Waals surface area contributed by atoms with Crippen molar-refractivity contribution in [1.29, 1.82) is 0 Å². The lowest BCUT2D eigenvalue weighted by atomic mass is 9.73. The quantitative estimate of drug-likeness (QED) is 0.899. The van der Waals surface area contributed by atoms with Crippen LogP contribution in [0.4, 0.5) is 0 Å². The van der Waals surface area contributed by atoms with Crippen LogP contribution in [0.3, 0.4) is 0 Å². The minimum atomic E-state index is 0.318. The summed E-state index contributed by atoms with van der Waals surface area (Å²) in [6.45, 7) is 5.87. The fourth-order valence-corrected chi connectivity index (χ4v) is 4.65. The molecule has 21 heavy (non-hydrogen) atoms. The molecule has 3 aliphatic rings. The lowest BCUT2D eigenvalue weighted by Gasteiger charge is -2.32. The van der Waals surface area contributed by atoms with E-state index < -0.39 is 0 Å². The third-order valence-corrected chi connectivity index (χ3v) is 6.17. The lowest BCUT2D eigenvalue weighted by Crippen LogP contribution is -2.21. The second-order valence-corrected chi connectivity index (χ2v) is 8.17. The van der Waals surface area contributed by atoms with E-state index in [4.69, 9.17) is 9.51 Å². The molecule has 4 heteroatoms. The number of hydrogen-bond acceptors (Lipinski definition) is 4. The molecule has 1 saturated heterocycles. The summed E-state index contributed by atoms with van der Waals surface area (Å²) in [5.41, 5.74) is 0.493. The van der Waals surface area contributed by atoms with Crippen molar-refractivity contribution in [3.05, 3.63) is 11.7 Å². The Kier molecular flexibility index (Phi) is 3.32. The van der Waals surface area contributed by atoms with Crippen molar-refractivity contribution in [2.75, 3.05) is 6.54 Å². The molecule has 2 aliphatic carbocycles. The molecule has 0 radical (unpaired) electrons. The second-order valence-electron chi connectivity index (χ2n) is 8.17. The fraction of sp³-hybridized carbons (Fsp3) is 0.882. The highest BCUT2D eigenvalue weighted by Gasteiger charge is 2.42. The van der Waals surface area contributed by atoms with Crippen molar-refractivity contribution in [2.24, 2.45) is 17.3 Å². The molecule has 1 aromatic heterocycles. The summed E-state index contributed by atoms with van der Waals surface area (Å²) in [4.78, 5) is 4.78. The number of rotatable bonds is 2. The van der Waals surface area contributed by atoms with Crippen molar-refractivity contribution in [3.8, 4) is 0 Å². The van der Waals surface area contributed by atoms with E-state index in [-0.39, 0.29) is 0 Å². The van der Waals surface area contributed by atoms with Crippen LogP contribution in [0.1, 0.15) is 82.5 Å². The van der Waals surface area contributed by atoms with Crippen LogP contribution in [0.2, 0.25) is 0 Å². The van der Waals surface area contributed by atoms with Crippen molar-refractivity contribution in [2.45, 2.75) is 70.8 Å². The molecule has 3 fully saturated rings. The first-order valence-electron chi connectivity index (χ1n) is 8.69. The Bertz CT molecular complexity index is 500. The van der Waals surface area contributed by atoms with Gasteiger partial charge in [0.15, 0.2) is 5.82 Å². The summed E-state index contributed by atoms with van der Waals surface area (Å²) in [5, 5.41) is 7.93. The van der Waals surface area contributed by atoms with Crippen LogP contribution in [0.25, 0.3) is 0 Å². The second kappa shape index (κ2) is 5.08. The predicted octanol–water partition coefficient (Wildman–Crippen LogP) is 3.81. The Hall–Kier alpha value is -0.900. The highest BCUT2D eigenvalue weighted by molar-refractivity contribution is 5.06. The summed E-state index contributed by atoms with van der Waals surface area (Å²) in [5.74, 6) is 3.88. The molecule has 2 saturated carbocycles. The van der Waals surface area contributed by atoms with Gasteiger partial charge in [-0.25, -0.2) is 0 Å². The standard InChI is InChI=1S/C17H27N3O/c1-17(2)8-6-11(7-9-17)15-19-16(21-20-15)14-13-5-3-4-12(13)10-18-14/h11-14,18H,3-10H2,1-2H3. The van der Waals surface area contributed by atoms with Crippen LogP contribution in [-0.4, -0.2) is 16.7 Å². The third-order valence-electron chi connectivity index (χ3n) is 6.17. The summed E-state index contributed by atoms with van der Waals surface area (Å²) in [7, 11) is 0. The van der Waals surface area contributed by atoms with Gasteiger partial charge in [-0.1, -0.05) is 25.4 Å². The summed E-state index contributed by atoms with van der Waals surface area (Å²) >= 11 is 0. The van der Waals surface area contributed by atoms with Gasteiger partial charge < -0.3 is 9.84 Å². The zero-order valence-electron chi connectivity index (χ0n) is 13.3. The van der Waals surface area contributed by atoms with E-state index in [1.165, 1.54) is 44.9 Å². The van der Waals surface area contributed by atoms with Gasteiger partial charge in [0.05, 0.1) is 6.04 Å². The van der Waals surface area contributed by atoms with Gasteiger partial charge in [0.2, 0.25) is 5.89 Å². The Balaban J connectivity index is 1.46. The van der Waals surface area contributed by atoms with Crippen LogP contribution in [0.5, 0.6) is 0 Å². The molecule has 4 nitrogen and oxygen atoms in total. The molecule has 0 amide bonds. The molecule has 2 heterocycles. The third kappa shape index (κ3) is 2.52. The van der Waals surface area contributed by atoms with Crippen molar-refractivity contribution in [3.63, 3.8) is 0 Å². The van der Waals surface area contributed by atoms with E-state index in [0.717, 1.165) is 30.1 Å². The molecule has 4 rings (SSSR count). The van der Waals surface area contributed by atoms with Crippen molar-refractivity contribution in [1.82, 2.24) is 15.5 Å². The molecule has 0 aromatic carbocycles. The predicted molar refractivity (Wildman–Crippen MR) is 80.9 cm³/mol. The number of hydrogen-bond donors (Lipinski definition) is 1. The Morgan fingerprint density at radius 2 is 1.95 bits per heavy atom. The van der Waals surface area contributed by atoms with Gasteiger partial charge in [-0.2, -0.15) is 4.98 Å². The number of aromatic nitrogens is 2. The molecular formula is C17H27N3O. The number of nitrogens with zero attached hydrogens (tertiary/aromatic N) is 2. The Morgan fingerprint density at radius 3 is 2.76 bits per heavy atom. The van der Waals surface area contributed by atoms with E-state index in [9.17, 15) is 0 Å². The van der Waals surface area contributed by atoms with Crippen LogP contribution in [-0.2, 0) is 0 Å². The molecule has 1 aromatic rings. The SMILES string of the molecule is CC1(C)CCC(c2noc(C3NCC4CCCC43)n2)CC1. The van der Waals surface area contributed by atoms with Crippen molar-refractivity contribution >= 4 is 0 Å². The summed E-state index contributed by atoms with van der Waals surface area (Å²) < 4.78 is 5.64. The van der Waals surface area contributed by atoms with E-state index >= 15 is 0 Å². The summed E-state index contributed by atoms with van der Waals surface area (Å²) in [6, 6.07) is 0.318. The molecule has 0 bridgehead atoms. The van der Waals surface area contributed by atoms with Gasteiger partial charge in [0.1, 0.15) is 0 Å². The van der Waals surface area contributed by atoms with E-state index in [0.29, 0.717) is 17.4 Å². The van der Waals surface area contributed by atoms with Crippen LogP contribution < -0.4 is 5.32 Å². The first-order chi connectivity index (χ1) is 10.1. The largest absolute Gasteiger partial charge is 0.338 e. The zero-order valence-corrected chi connectivity index (χ0v) is 13.3. The average molecular weight is 289 g/mol. The minimum Gasteiger partial charge on any atom is -0.338 e. The molecule has 0 spiro atoms. The lowest BCUT2D eigenvalue weighted by molar-refractivity contribution is 0.218. The topological polar surface area (TPSA) is 51.0 Å². The number of fused-ring (bicyclic) bond motifs is 1. The van der Waals surface area contributed by atoms with Gasteiger partial charge in [-0.15, -0.1) is 0 Å². The smallest absolute Gasteiger partial charge is 0.244 e. The molecular weight excluding hydrogens is 262 g/mol. The van der Waals surface area contributed by atoms with E-state index in [2.05, 4.69) is 24.3 Å². The molecule has 1 N–H and O–H groups in total. The molecule has 3 atom stereocenters. The first-order valence-corrected chi connectivity index (χ1v) is 8.69. The zero-order chi connectivity index (χ0) is 14.4. The number of nitrogens with one attached hydrogen (secondary N) is 1. The maximum Gasteiger partial charge on any atom is 0.244 e. The molecule has 3 unspecified atom stereocenters. The summed E-state index contributed by atoms with van der Waals surface area (Å²) in [6.07, 6.45) is 9.00. The van der Waals surface area contributed by atoms with Gasteiger partial charge in [0.25, 0.3) is 0 Å². The maximum atomic E-state index is 5.64. The molecule has 1 aliphatic heterocycles. The van der Waals surface area contributed by atoms with Gasteiger partial charge in [-0.05, 0) is 62.3 Å². The monoisotopic (exact) mass is 289 g/mol. The first kappa shape index (κ1) is 13.7. The van der Waals surface area contributed by atoms with Crippen LogP contribution in [0.15, 0.2) is 4.52 Å². The van der Waals surface area contributed by atoms with E-state index in [1.807, 2.05) is 0 Å². The minimum absolute atomic E-state index is 0.318. The van der Waals surface area contributed by atoms with Crippen molar-refractivity contribution < 1.29 is 4.52 Å². The maximum absolute atomic E-state index is 5.64. The molecule has 116 valence electrons. The highest BCUT2D eigenvalue weighted by Crippen LogP contribution is 2.45. The van der Waals surface area contributed by atoms with Gasteiger partial charge >= 0.3 is 0 Å². The Morgan fingerprint density at radius 1 is 1.14 bits per heavy atom. The normalized spacial score (nSPS) is 36.0. The van der Waals surface area contributed by atoms with Gasteiger partial charge in [-0.3, -0.25) is 0 Å². The van der Waals surface area contributed by atoms with Crippen LogP contribution >= 0.6 is 0 Å². The average Bonchev–Trinajstić information content (AvgIpc) is 3.13. The highest BCUT2D eigenvalue weighted by atomic mass is 16.5. The Labute approximate surface area is 127 Å².